The minimum atomic E-state index is -3.80. The van der Waals surface area contributed by atoms with E-state index < -0.39 is 15.6 Å². The van der Waals surface area contributed by atoms with Gasteiger partial charge in [0.05, 0.1) is 17.8 Å². The number of benzene rings is 1. The summed E-state index contributed by atoms with van der Waals surface area (Å²) in [6.07, 6.45) is 0. The van der Waals surface area contributed by atoms with Crippen LogP contribution in [-0.4, -0.2) is 25.7 Å². The van der Waals surface area contributed by atoms with Crippen LogP contribution < -0.4 is 10.5 Å². The molecule has 0 aliphatic heterocycles. The van der Waals surface area contributed by atoms with Crippen LogP contribution in [0.2, 0.25) is 5.02 Å². The number of nitrogen functional groups attached to an aromatic ring is 1. The molecular formula is C10H15ClN2O3S. The molecule has 0 bridgehead atoms. The predicted molar refractivity (Wildman–Crippen MR) is 67.4 cm³/mol. The lowest BCUT2D eigenvalue weighted by Gasteiger charge is -2.23. The van der Waals surface area contributed by atoms with Gasteiger partial charge in [0.25, 0.3) is 0 Å². The topological polar surface area (TPSA) is 92.4 Å². The highest BCUT2D eigenvalue weighted by atomic mass is 35.5. The number of anilines is 1. The zero-order valence-corrected chi connectivity index (χ0v) is 11.1. The number of nitrogens with two attached hydrogens (primary N) is 1. The SMILES string of the molecule is CC(C)(CO)NS(=O)(=O)c1cc(Cl)ccc1N. The number of sulfonamides is 1. The Bertz CT molecular complexity index is 514. The van der Waals surface area contributed by atoms with Gasteiger partial charge in [0.2, 0.25) is 10.0 Å². The molecule has 0 radical (unpaired) electrons. The highest BCUT2D eigenvalue weighted by Gasteiger charge is 2.27. The molecule has 4 N–H and O–H groups in total. The summed E-state index contributed by atoms with van der Waals surface area (Å²) in [4.78, 5) is -0.0912. The molecule has 0 atom stereocenters. The van der Waals surface area contributed by atoms with Crippen molar-refractivity contribution in [2.45, 2.75) is 24.3 Å². The van der Waals surface area contributed by atoms with Crippen LogP contribution in [0, 0.1) is 0 Å². The fourth-order valence-corrected chi connectivity index (χ4v) is 2.99. The van der Waals surface area contributed by atoms with Gasteiger partial charge in [-0.05, 0) is 32.0 Å². The van der Waals surface area contributed by atoms with Crippen molar-refractivity contribution in [3.05, 3.63) is 23.2 Å². The molecule has 0 amide bonds. The lowest BCUT2D eigenvalue weighted by Crippen LogP contribution is -2.46. The number of rotatable bonds is 4. The van der Waals surface area contributed by atoms with Gasteiger partial charge in [-0.15, -0.1) is 0 Å². The second kappa shape index (κ2) is 4.81. The van der Waals surface area contributed by atoms with Gasteiger partial charge < -0.3 is 10.8 Å². The van der Waals surface area contributed by atoms with E-state index in [1.165, 1.54) is 18.2 Å². The number of hydrogen-bond acceptors (Lipinski definition) is 4. The summed E-state index contributed by atoms with van der Waals surface area (Å²) in [5, 5.41) is 9.32. The predicted octanol–water partition coefficient (Wildman–Crippen LogP) is 0.971. The van der Waals surface area contributed by atoms with Crippen molar-refractivity contribution >= 4 is 27.3 Å². The number of aliphatic hydroxyl groups is 1. The largest absolute Gasteiger partial charge is 0.398 e. The fourth-order valence-electron chi connectivity index (χ4n) is 1.19. The average molecular weight is 279 g/mol. The van der Waals surface area contributed by atoms with E-state index >= 15 is 0 Å². The normalized spacial score (nSPS) is 12.7. The van der Waals surface area contributed by atoms with Crippen molar-refractivity contribution in [2.75, 3.05) is 12.3 Å². The summed E-state index contributed by atoms with van der Waals surface area (Å²) in [6.45, 7) is 2.79. The maximum Gasteiger partial charge on any atom is 0.243 e. The lowest BCUT2D eigenvalue weighted by molar-refractivity contribution is 0.208. The number of halogens is 1. The summed E-state index contributed by atoms with van der Waals surface area (Å²) < 4.78 is 26.4. The molecule has 7 heteroatoms. The zero-order chi connectivity index (χ0) is 13.3. The van der Waals surface area contributed by atoms with Gasteiger partial charge in [0.1, 0.15) is 4.90 Å². The highest BCUT2D eigenvalue weighted by molar-refractivity contribution is 7.89. The molecule has 5 nitrogen and oxygen atoms in total. The molecule has 0 saturated heterocycles. The maximum absolute atomic E-state index is 12.0. The summed E-state index contributed by atoms with van der Waals surface area (Å²) in [7, 11) is -3.80. The van der Waals surface area contributed by atoms with Crippen molar-refractivity contribution in [3.63, 3.8) is 0 Å². The van der Waals surface area contributed by atoms with E-state index in [1.54, 1.807) is 13.8 Å². The Labute approximate surface area is 106 Å². The first kappa shape index (κ1) is 14.2. The summed E-state index contributed by atoms with van der Waals surface area (Å²) in [5.74, 6) is 0. The van der Waals surface area contributed by atoms with Crippen molar-refractivity contribution in [2.24, 2.45) is 0 Å². The second-order valence-electron chi connectivity index (χ2n) is 4.33. The Morgan fingerprint density at radius 2 is 2.06 bits per heavy atom. The fraction of sp³-hybridized carbons (Fsp3) is 0.400. The van der Waals surface area contributed by atoms with Crippen LogP contribution in [0.3, 0.4) is 0 Å². The average Bonchev–Trinajstić information content (AvgIpc) is 2.20. The van der Waals surface area contributed by atoms with Gasteiger partial charge in [-0.1, -0.05) is 11.6 Å². The van der Waals surface area contributed by atoms with Gasteiger partial charge in [0.15, 0.2) is 0 Å². The van der Waals surface area contributed by atoms with Crippen molar-refractivity contribution in [3.8, 4) is 0 Å². The Kier molecular flexibility index (Phi) is 4.03. The molecule has 0 aliphatic rings. The number of aliphatic hydroxyl groups excluding tert-OH is 1. The molecule has 1 aromatic carbocycles. The van der Waals surface area contributed by atoms with Crippen LogP contribution in [0.5, 0.6) is 0 Å². The molecule has 17 heavy (non-hydrogen) atoms. The monoisotopic (exact) mass is 278 g/mol. The van der Waals surface area contributed by atoms with E-state index in [0.717, 1.165) is 0 Å². The molecular weight excluding hydrogens is 264 g/mol. The van der Waals surface area contributed by atoms with Gasteiger partial charge in [-0.25, -0.2) is 13.1 Å². The van der Waals surface area contributed by atoms with Crippen LogP contribution in [0.1, 0.15) is 13.8 Å². The van der Waals surface area contributed by atoms with Gasteiger partial charge >= 0.3 is 0 Å². The smallest absolute Gasteiger partial charge is 0.243 e. The van der Waals surface area contributed by atoms with Crippen molar-refractivity contribution < 1.29 is 13.5 Å². The van der Waals surface area contributed by atoms with Crippen LogP contribution in [0.15, 0.2) is 23.1 Å². The standard InChI is InChI=1S/C10H15ClN2O3S/c1-10(2,6-14)13-17(15,16)9-5-7(11)3-4-8(9)12/h3-5,13-14H,6,12H2,1-2H3. The summed E-state index contributed by atoms with van der Waals surface area (Å²) >= 11 is 5.73. The van der Waals surface area contributed by atoms with Gasteiger partial charge in [-0.3, -0.25) is 0 Å². The minimum absolute atomic E-state index is 0.0912. The van der Waals surface area contributed by atoms with Crippen LogP contribution in [-0.2, 0) is 10.0 Å². The van der Waals surface area contributed by atoms with Crippen LogP contribution in [0.4, 0.5) is 5.69 Å². The summed E-state index contributed by atoms with van der Waals surface area (Å²) in [6, 6.07) is 4.20. The minimum Gasteiger partial charge on any atom is -0.398 e. The first-order valence-electron chi connectivity index (χ1n) is 4.88. The molecule has 0 fully saturated rings. The third-order valence-corrected chi connectivity index (χ3v) is 4.06. The molecule has 0 aliphatic carbocycles. The molecule has 0 unspecified atom stereocenters. The number of hydrogen-bond donors (Lipinski definition) is 3. The van der Waals surface area contributed by atoms with Gasteiger partial charge in [0, 0.05) is 5.02 Å². The maximum atomic E-state index is 12.0. The second-order valence-corrected chi connectivity index (χ2v) is 6.42. The first-order valence-corrected chi connectivity index (χ1v) is 6.74. The molecule has 1 aromatic rings. The third kappa shape index (κ3) is 3.57. The molecule has 0 spiro atoms. The third-order valence-electron chi connectivity index (χ3n) is 2.07. The number of nitrogens with one attached hydrogen (secondary N) is 1. The Balaban J connectivity index is 3.18. The molecule has 0 saturated carbocycles. The molecule has 0 heterocycles. The Morgan fingerprint density at radius 1 is 1.47 bits per heavy atom. The van der Waals surface area contributed by atoms with Crippen molar-refractivity contribution in [1.82, 2.24) is 4.72 Å². The first-order chi connectivity index (χ1) is 7.68. The van der Waals surface area contributed by atoms with E-state index in [-0.39, 0.29) is 22.2 Å². The van der Waals surface area contributed by atoms with E-state index in [1.807, 2.05) is 0 Å². The zero-order valence-electron chi connectivity index (χ0n) is 9.57. The molecule has 1 rings (SSSR count). The van der Waals surface area contributed by atoms with E-state index in [4.69, 9.17) is 22.4 Å². The van der Waals surface area contributed by atoms with E-state index in [9.17, 15) is 8.42 Å². The van der Waals surface area contributed by atoms with Crippen LogP contribution in [0.25, 0.3) is 0 Å². The summed E-state index contributed by atoms with van der Waals surface area (Å²) in [5.41, 5.74) is 4.74. The molecule has 96 valence electrons. The lowest BCUT2D eigenvalue weighted by atomic mass is 10.1. The van der Waals surface area contributed by atoms with Crippen LogP contribution >= 0.6 is 11.6 Å². The van der Waals surface area contributed by atoms with Gasteiger partial charge in [-0.2, -0.15) is 0 Å². The van der Waals surface area contributed by atoms with E-state index in [2.05, 4.69) is 4.72 Å². The quantitative estimate of drug-likeness (QED) is 0.716. The van der Waals surface area contributed by atoms with E-state index in [0.29, 0.717) is 0 Å². The Morgan fingerprint density at radius 3 is 2.59 bits per heavy atom. The van der Waals surface area contributed by atoms with Crippen molar-refractivity contribution in [1.29, 1.82) is 0 Å². The Hall–Kier alpha value is -0.820. The highest BCUT2D eigenvalue weighted by Crippen LogP contribution is 2.23. The molecule has 0 aromatic heterocycles.